The normalized spacial score (nSPS) is 12.2. The van der Waals surface area contributed by atoms with Crippen molar-refractivity contribution in [3.05, 3.63) is 36.5 Å². The summed E-state index contributed by atoms with van der Waals surface area (Å²) >= 11 is 0. The van der Waals surface area contributed by atoms with Gasteiger partial charge in [-0.05, 0) is 77.0 Å². The summed E-state index contributed by atoms with van der Waals surface area (Å²) in [5, 5.41) is 0. The van der Waals surface area contributed by atoms with Gasteiger partial charge >= 0.3 is 17.9 Å². The van der Waals surface area contributed by atoms with Gasteiger partial charge in [-0.1, -0.05) is 243 Å². The summed E-state index contributed by atoms with van der Waals surface area (Å²) in [6, 6.07) is 0. The molecule has 0 saturated heterocycles. The smallest absolute Gasteiger partial charge is 0.306 e. The molecule has 6 heteroatoms. The molecule has 0 saturated carbocycles. The van der Waals surface area contributed by atoms with Crippen molar-refractivity contribution in [3.63, 3.8) is 0 Å². The summed E-state index contributed by atoms with van der Waals surface area (Å²) in [6.45, 7) is 6.64. The number of esters is 3. The molecule has 0 spiro atoms. The van der Waals surface area contributed by atoms with Crippen LogP contribution in [0.4, 0.5) is 0 Å². The van der Waals surface area contributed by atoms with Gasteiger partial charge < -0.3 is 14.2 Å². The molecule has 6 nitrogen and oxygen atoms in total. The maximum absolute atomic E-state index is 12.8. The number of allylic oxidation sites excluding steroid dienone is 6. The molecule has 65 heavy (non-hydrogen) atoms. The van der Waals surface area contributed by atoms with Gasteiger partial charge in [0, 0.05) is 19.3 Å². The first-order valence-corrected chi connectivity index (χ1v) is 28.5. The third-order valence-electron chi connectivity index (χ3n) is 12.6. The topological polar surface area (TPSA) is 78.9 Å². The van der Waals surface area contributed by atoms with Crippen LogP contribution in [0.1, 0.15) is 303 Å². The molecule has 0 amide bonds. The number of hydrogen-bond acceptors (Lipinski definition) is 6. The first-order valence-electron chi connectivity index (χ1n) is 28.5. The monoisotopic (exact) mass is 913 g/mol. The molecule has 0 aromatic heterocycles. The Balaban J connectivity index is 4.38. The van der Waals surface area contributed by atoms with Gasteiger partial charge in [0.25, 0.3) is 0 Å². The molecule has 0 heterocycles. The molecule has 380 valence electrons. The van der Waals surface area contributed by atoms with Crippen LogP contribution in [0.2, 0.25) is 0 Å². The molecule has 0 fully saturated rings. The van der Waals surface area contributed by atoms with Gasteiger partial charge in [-0.15, -0.1) is 0 Å². The van der Waals surface area contributed by atoms with Gasteiger partial charge in [-0.3, -0.25) is 14.4 Å². The second-order valence-electron chi connectivity index (χ2n) is 19.2. The lowest BCUT2D eigenvalue weighted by Gasteiger charge is -2.18. The molecular formula is C59H108O6. The summed E-state index contributed by atoms with van der Waals surface area (Å²) in [6.07, 6.45) is 64.1. The average molecular weight is 914 g/mol. The molecule has 0 aromatic rings. The fourth-order valence-electron chi connectivity index (χ4n) is 8.29. The van der Waals surface area contributed by atoms with Crippen LogP contribution in [0.3, 0.4) is 0 Å². The van der Waals surface area contributed by atoms with E-state index in [0.29, 0.717) is 19.3 Å². The van der Waals surface area contributed by atoms with Crippen molar-refractivity contribution in [2.24, 2.45) is 0 Å². The Labute approximate surface area is 404 Å². The van der Waals surface area contributed by atoms with Crippen LogP contribution in [0, 0.1) is 0 Å². The summed E-state index contributed by atoms with van der Waals surface area (Å²) in [4.78, 5) is 38.1. The van der Waals surface area contributed by atoms with Gasteiger partial charge in [0.1, 0.15) is 13.2 Å². The molecule has 0 bridgehead atoms. The van der Waals surface area contributed by atoms with Crippen molar-refractivity contribution >= 4 is 17.9 Å². The van der Waals surface area contributed by atoms with Crippen LogP contribution in [-0.4, -0.2) is 37.2 Å². The van der Waals surface area contributed by atoms with Crippen LogP contribution >= 0.6 is 0 Å². The number of unbranched alkanes of at least 4 members (excludes halogenated alkanes) is 35. The standard InChI is InChI=1S/C59H108O6/c1-4-7-10-13-16-19-22-25-28-31-34-37-40-43-46-49-52-58(61)64-55-56(54-63-57(60)51-48-45-42-39-36-33-30-27-24-21-18-15-12-9-6-3)65-59(62)53-50-47-44-41-38-35-32-29-26-23-20-17-14-11-8-5-2/h19,22,27-28,30-31,56H,4-18,20-21,23-26,29,32-55H2,1-3H3/b22-19-,30-27-,31-28-. The maximum atomic E-state index is 12.8. The molecule has 0 aliphatic heterocycles. The summed E-state index contributed by atoms with van der Waals surface area (Å²) < 4.78 is 16.9. The highest BCUT2D eigenvalue weighted by molar-refractivity contribution is 5.71. The SMILES string of the molecule is CCCCCC/C=C\C/C=C\CCCCCCCC(=O)OCC(COC(=O)CCCCCCC/C=C\CCCCCCCC)OC(=O)CCCCCCCCCCCCCCCCCC. The minimum atomic E-state index is -0.778. The lowest BCUT2D eigenvalue weighted by Crippen LogP contribution is -2.30. The van der Waals surface area contributed by atoms with Crippen LogP contribution in [-0.2, 0) is 28.6 Å². The third-order valence-corrected chi connectivity index (χ3v) is 12.6. The zero-order valence-corrected chi connectivity index (χ0v) is 43.5. The van der Waals surface area contributed by atoms with E-state index >= 15 is 0 Å². The third kappa shape index (κ3) is 52.5. The minimum Gasteiger partial charge on any atom is -0.462 e. The van der Waals surface area contributed by atoms with E-state index in [1.807, 2.05) is 0 Å². The molecule has 0 N–H and O–H groups in total. The van der Waals surface area contributed by atoms with E-state index < -0.39 is 6.10 Å². The van der Waals surface area contributed by atoms with E-state index in [-0.39, 0.29) is 31.1 Å². The summed E-state index contributed by atoms with van der Waals surface area (Å²) in [7, 11) is 0. The molecule has 1 atom stereocenters. The molecule has 1 unspecified atom stereocenters. The second kappa shape index (κ2) is 54.2. The van der Waals surface area contributed by atoms with Crippen molar-refractivity contribution < 1.29 is 28.6 Å². The predicted molar refractivity (Wildman–Crippen MR) is 279 cm³/mol. The van der Waals surface area contributed by atoms with E-state index in [2.05, 4.69) is 57.2 Å². The Morgan fingerprint density at radius 3 is 0.877 bits per heavy atom. The fraction of sp³-hybridized carbons (Fsp3) is 0.847. The van der Waals surface area contributed by atoms with Crippen molar-refractivity contribution in [3.8, 4) is 0 Å². The molecule has 0 aromatic carbocycles. The second-order valence-corrected chi connectivity index (χ2v) is 19.2. The highest BCUT2D eigenvalue weighted by atomic mass is 16.6. The number of carbonyl (C=O) groups is 3. The first-order chi connectivity index (χ1) is 32.0. The fourth-order valence-corrected chi connectivity index (χ4v) is 8.29. The Bertz CT molecular complexity index is 1090. The Hall–Kier alpha value is -2.37. The predicted octanol–water partition coefficient (Wildman–Crippen LogP) is 18.9. The molecule has 0 aliphatic carbocycles. The zero-order chi connectivity index (χ0) is 47.2. The minimum absolute atomic E-state index is 0.0777. The lowest BCUT2D eigenvalue weighted by molar-refractivity contribution is -0.167. The zero-order valence-electron chi connectivity index (χ0n) is 43.5. The van der Waals surface area contributed by atoms with Crippen molar-refractivity contribution in [1.29, 1.82) is 0 Å². The summed E-state index contributed by atoms with van der Waals surface area (Å²) in [5.74, 6) is -0.882. The number of hydrogen-bond donors (Lipinski definition) is 0. The van der Waals surface area contributed by atoms with E-state index in [9.17, 15) is 14.4 Å². The number of rotatable bonds is 52. The largest absolute Gasteiger partial charge is 0.462 e. The van der Waals surface area contributed by atoms with Crippen molar-refractivity contribution in [2.45, 2.75) is 309 Å². The highest BCUT2D eigenvalue weighted by Crippen LogP contribution is 2.16. The molecule has 0 radical (unpaired) electrons. The molecular weight excluding hydrogens is 805 g/mol. The van der Waals surface area contributed by atoms with Gasteiger partial charge in [0.05, 0.1) is 0 Å². The van der Waals surface area contributed by atoms with Gasteiger partial charge in [0.2, 0.25) is 0 Å². The van der Waals surface area contributed by atoms with Gasteiger partial charge in [-0.25, -0.2) is 0 Å². The van der Waals surface area contributed by atoms with E-state index in [0.717, 1.165) is 83.5 Å². The average Bonchev–Trinajstić information content (AvgIpc) is 3.30. The Morgan fingerprint density at radius 2 is 0.554 bits per heavy atom. The first kappa shape index (κ1) is 62.6. The molecule has 0 aliphatic rings. The number of ether oxygens (including phenoxy) is 3. The number of carbonyl (C=O) groups excluding carboxylic acids is 3. The Morgan fingerprint density at radius 1 is 0.308 bits per heavy atom. The Kier molecular flexibility index (Phi) is 52.3. The lowest BCUT2D eigenvalue weighted by atomic mass is 10.0. The van der Waals surface area contributed by atoms with Gasteiger partial charge in [0.15, 0.2) is 6.10 Å². The summed E-state index contributed by atoms with van der Waals surface area (Å²) in [5.41, 5.74) is 0. The quantitative estimate of drug-likeness (QED) is 0.0262. The van der Waals surface area contributed by atoms with Crippen molar-refractivity contribution in [2.75, 3.05) is 13.2 Å². The van der Waals surface area contributed by atoms with Crippen LogP contribution in [0.5, 0.6) is 0 Å². The van der Waals surface area contributed by atoms with E-state index in [4.69, 9.17) is 14.2 Å². The van der Waals surface area contributed by atoms with Crippen LogP contribution in [0.25, 0.3) is 0 Å². The van der Waals surface area contributed by atoms with Crippen molar-refractivity contribution in [1.82, 2.24) is 0 Å². The maximum Gasteiger partial charge on any atom is 0.306 e. The highest BCUT2D eigenvalue weighted by Gasteiger charge is 2.19. The van der Waals surface area contributed by atoms with E-state index in [1.54, 1.807) is 0 Å². The molecule has 0 rings (SSSR count). The van der Waals surface area contributed by atoms with E-state index in [1.165, 1.54) is 180 Å². The van der Waals surface area contributed by atoms with Crippen LogP contribution in [0.15, 0.2) is 36.5 Å². The van der Waals surface area contributed by atoms with Gasteiger partial charge in [-0.2, -0.15) is 0 Å². The van der Waals surface area contributed by atoms with Crippen LogP contribution < -0.4 is 0 Å².